The number of hydrogen-bond donors (Lipinski definition) is 1. The number of fused-ring (bicyclic) bond motifs is 1. The zero-order valence-corrected chi connectivity index (χ0v) is 26.0. The number of amides is 4. The number of aromatic nitrogens is 2. The Morgan fingerprint density at radius 1 is 0.889 bits per heavy atom. The van der Waals surface area contributed by atoms with E-state index in [1.807, 2.05) is 26.8 Å². The Morgan fingerprint density at radius 2 is 1.56 bits per heavy atom. The second-order valence-electron chi connectivity index (χ2n) is 13.2. The third kappa shape index (κ3) is 6.53. The summed E-state index contributed by atoms with van der Waals surface area (Å²) in [5, 5.41) is 2.23. The standard InChI is InChI=1S/C32H39N7O6/c1-32(2,3)45-30(44)21-17-33-31(34-18-21)38-10-8-20(9-11-38)19-36-12-14-37(15-13-36)22-4-5-23-24(16-22)29(43)39(28(23)42)25-6-7-26(40)35-27(25)41/h4-5,16-18,20,25H,6-15,19H2,1-3H3,(H,35,40,41). The first kappa shape index (κ1) is 30.6. The molecule has 1 N–H and O–H groups in total. The summed E-state index contributed by atoms with van der Waals surface area (Å²) in [6.07, 6.45) is 5.36. The normalized spacial score (nSPS) is 21.7. The average Bonchev–Trinajstić information content (AvgIpc) is 3.26. The van der Waals surface area contributed by atoms with Gasteiger partial charge in [0, 0.05) is 70.3 Å². The molecule has 0 radical (unpaired) electrons. The Morgan fingerprint density at radius 3 is 2.20 bits per heavy atom. The van der Waals surface area contributed by atoms with Crippen molar-refractivity contribution in [2.45, 2.75) is 58.1 Å². The number of nitrogens with one attached hydrogen (secondary N) is 1. The van der Waals surface area contributed by atoms with E-state index in [1.165, 1.54) is 12.4 Å². The molecule has 0 spiro atoms. The van der Waals surface area contributed by atoms with Gasteiger partial charge in [0.05, 0.1) is 16.7 Å². The van der Waals surface area contributed by atoms with Gasteiger partial charge in [-0.3, -0.25) is 34.3 Å². The van der Waals surface area contributed by atoms with Crippen LogP contribution in [0.5, 0.6) is 0 Å². The van der Waals surface area contributed by atoms with Crippen LogP contribution in [0.2, 0.25) is 0 Å². The lowest BCUT2D eigenvalue weighted by Gasteiger charge is -2.39. The number of rotatable bonds is 6. The molecule has 4 amide bonds. The van der Waals surface area contributed by atoms with Crippen LogP contribution < -0.4 is 15.1 Å². The number of esters is 1. The molecule has 0 saturated carbocycles. The molecule has 1 unspecified atom stereocenters. The second kappa shape index (κ2) is 12.2. The maximum atomic E-state index is 13.2. The van der Waals surface area contributed by atoms with Crippen LogP contribution >= 0.6 is 0 Å². The number of carbonyl (C=O) groups excluding carboxylic acids is 5. The van der Waals surface area contributed by atoms with Crippen molar-refractivity contribution in [1.82, 2.24) is 25.1 Å². The summed E-state index contributed by atoms with van der Waals surface area (Å²) in [5.74, 6) is -1.20. The number of hydrogen-bond acceptors (Lipinski definition) is 11. The highest BCUT2D eigenvalue weighted by Crippen LogP contribution is 2.31. The van der Waals surface area contributed by atoms with Gasteiger partial charge in [-0.15, -0.1) is 0 Å². The summed E-state index contributed by atoms with van der Waals surface area (Å²) in [5.41, 5.74) is 1.25. The molecular formula is C32H39N7O6. The zero-order chi connectivity index (χ0) is 31.9. The molecule has 3 saturated heterocycles. The summed E-state index contributed by atoms with van der Waals surface area (Å²) >= 11 is 0. The molecule has 0 aliphatic carbocycles. The summed E-state index contributed by atoms with van der Waals surface area (Å²) in [7, 11) is 0. The molecule has 2 aromatic rings. The second-order valence-corrected chi connectivity index (χ2v) is 13.2. The number of piperazine rings is 1. The molecular weight excluding hydrogens is 578 g/mol. The third-order valence-corrected chi connectivity index (χ3v) is 8.85. The van der Waals surface area contributed by atoms with Gasteiger partial charge in [-0.2, -0.15) is 0 Å². The van der Waals surface area contributed by atoms with E-state index in [1.54, 1.807) is 12.1 Å². The van der Waals surface area contributed by atoms with Crippen LogP contribution in [0, 0.1) is 5.92 Å². The maximum Gasteiger partial charge on any atom is 0.341 e. The minimum atomic E-state index is -0.966. The van der Waals surface area contributed by atoms with E-state index in [2.05, 4.69) is 30.0 Å². The van der Waals surface area contributed by atoms with Crippen molar-refractivity contribution in [1.29, 1.82) is 0 Å². The Kier molecular flexibility index (Phi) is 8.29. The average molecular weight is 618 g/mol. The number of carbonyl (C=O) groups is 5. The van der Waals surface area contributed by atoms with Crippen molar-refractivity contribution in [3.63, 3.8) is 0 Å². The molecule has 1 aromatic heterocycles. The van der Waals surface area contributed by atoms with E-state index in [0.717, 1.165) is 69.2 Å². The van der Waals surface area contributed by atoms with Crippen molar-refractivity contribution in [2.24, 2.45) is 5.92 Å². The van der Waals surface area contributed by atoms with Crippen LogP contribution in [0.1, 0.15) is 77.5 Å². The number of anilines is 2. The monoisotopic (exact) mass is 617 g/mol. The predicted octanol–water partition coefficient (Wildman–Crippen LogP) is 1.87. The molecule has 13 nitrogen and oxygen atoms in total. The van der Waals surface area contributed by atoms with Crippen molar-refractivity contribution in [3.8, 4) is 0 Å². The van der Waals surface area contributed by atoms with E-state index >= 15 is 0 Å². The zero-order valence-electron chi connectivity index (χ0n) is 26.0. The molecule has 45 heavy (non-hydrogen) atoms. The Labute approximate surface area is 261 Å². The van der Waals surface area contributed by atoms with Crippen LogP contribution in [0.25, 0.3) is 0 Å². The SMILES string of the molecule is CC(C)(C)OC(=O)c1cnc(N2CCC(CN3CCN(c4ccc5c(c4)C(=O)N(C4CCC(=O)NC4=O)C5=O)CC3)CC2)nc1. The minimum Gasteiger partial charge on any atom is -0.456 e. The lowest BCUT2D eigenvalue weighted by molar-refractivity contribution is -0.136. The van der Waals surface area contributed by atoms with Crippen molar-refractivity contribution in [2.75, 3.05) is 55.6 Å². The maximum absolute atomic E-state index is 13.2. The van der Waals surface area contributed by atoms with Crippen LogP contribution in [-0.2, 0) is 14.3 Å². The Balaban J connectivity index is 0.981. The molecule has 6 rings (SSSR count). The van der Waals surface area contributed by atoms with Crippen molar-refractivity contribution < 1.29 is 28.7 Å². The van der Waals surface area contributed by atoms with Gasteiger partial charge in [-0.1, -0.05) is 0 Å². The molecule has 1 atom stereocenters. The highest BCUT2D eigenvalue weighted by molar-refractivity contribution is 6.23. The van der Waals surface area contributed by atoms with Crippen LogP contribution in [0.4, 0.5) is 11.6 Å². The highest BCUT2D eigenvalue weighted by atomic mass is 16.6. The predicted molar refractivity (Wildman–Crippen MR) is 164 cm³/mol. The first-order chi connectivity index (χ1) is 21.5. The highest BCUT2D eigenvalue weighted by Gasteiger charge is 2.44. The smallest absolute Gasteiger partial charge is 0.341 e. The number of piperidine rings is 2. The molecule has 4 aliphatic rings. The van der Waals surface area contributed by atoms with E-state index in [4.69, 9.17) is 4.74 Å². The van der Waals surface area contributed by atoms with Gasteiger partial charge in [0.1, 0.15) is 11.6 Å². The largest absolute Gasteiger partial charge is 0.456 e. The van der Waals surface area contributed by atoms with Gasteiger partial charge in [-0.25, -0.2) is 14.8 Å². The summed E-state index contributed by atoms with van der Waals surface area (Å²) < 4.78 is 5.40. The lowest BCUT2D eigenvalue weighted by Crippen LogP contribution is -2.54. The van der Waals surface area contributed by atoms with Gasteiger partial charge in [0.15, 0.2) is 0 Å². The number of nitrogens with zero attached hydrogens (tertiary/aromatic N) is 6. The van der Waals surface area contributed by atoms with Crippen molar-refractivity contribution >= 4 is 41.2 Å². The molecule has 0 bridgehead atoms. The van der Waals surface area contributed by atoms with Crippen LogP contribution in [0.3, 0.4) is 0 Å². The van der Waals surface area contributed by atoms with Crippen molar-refractivity contribution in [3.05, 3.63) is 47.3 Å². The first-order valence-corrected chi connectivity index (χ1v) is 15.6. The number of benzene rings is 1. The van der Waals surface area contributed by atoms with Crippen LogP contribution in [0.15, 0.2) is 30.6 Å². The topological polar surface area (TPSA) is 145 Å². The number of imide groups is 2. The lowest BCUT2D eigenvalue weighted by atomic mass is 9.96. The van der Waals surface area contributed by atoms with E-state index in [-0.39, 0.29) is 12.8 Å². The molecule has 4 aliphatic heterocycles. The number of ether oxygens (including phenoxy) is 1. The van der Waals surface area contributed by atoms with Gasteiger partial charge in [0.2, 0.25) is 17.8 Å². The molecule has 1 aromatic carbocycles. The van der Waals surface area contributed by atoms with Gasteiger partial charge < -0.3 is 14.5 Å². The van der Waals surface area contributed by atoms with E-state index in [9.17, 15) is 24.0 Å². The van der Waals surface area contributed by atoms with E-state index in [0.29, 0.717) is 28.6 Å². The minimum absolute atomic E-state index is 0.0953. The summed E-state index contributed by atoms with van der Waals surface area (Å²) in [6.45, 7) is 11.6. The van der Waals surface area contributed by atoms with Crippen LogP contribution in [-0.4, -0.2) is 107 Å². The molecule has 5 heterocycles. The van der Waals surface area contributed by atoms with E-state index < -0.39 is 41.2 Å². The quantitative estimate of drug-likeness (QED) is 0.375. The molecule has 13 heteroatoms. The Bertz CT molecular complexity index is 1500. The summed E-state index contributed by atoms with van der Waals surface area (Å²) in [4.78, 5) is 79.1. The summed E-state index contributed by atoms with van der Waals surface area (Å²) in [6, 6.07) is 4.33. The fraction of sp³-hybridized carbons (Fsp3) is 0.531. The fourth-order valence-corrected chi connectivity index (χ4v) is 6.45. The Hall–Kier alpha value is -4.39. The third-order valence-electron chi connectivity index (χ3n) is 8.85. The van der Waals surface area contributed by atoms with Gasteiger partial charge >= 0.3 is 5.97 Å². The molecule has 3 fully saturated rings. The fourth-order valence-electron chi connectivity index (χ4n) is 6.45. The molecule has 238 valence electrons. The first-order valence-electron chi connectivity index (χ1n) is 15.6. The van der Waals surface area contributed by atoms with Gasteiger partial charge in [-0.05, 0) is 64.2 Å². The van der Waals surface area contributed by atoms with Gasteiger partial charge in [0.25, 0.3) is 11.8 Å².